The minimum Gasteiger partial charge on any atom is -0.493 e. The average molecular weight is 413 g/mol. The van der Waals surface area contributed by atoms with Crippen LogP contribution in [-0.2, 0) is 12.8 Å². The topological polar surface area (TPSA) is 48.9 Å². The first-order valence-corrected chi connectivity index (χ1v) is 11.6. The molecular weight excluding hydrogens is 380 g/mol. The molecule has 1 aromatic heterocycles. The summed E-state index contributed by atoms with van der Waals surface area (Å²) in [6.07, 6.45) is 4.53. The summed E-state index contributed by atoms with van der Waals surface area (Å²) in [5.74, 6) is 2.55. The molecule has 1 fully saturated rings. The van der Waals surface area contributed by atoms with Crippen LogP contribution in [0.25, 0.3) is 0 Å². The molecule has 0 bridgehead atoms. The van der Waals surface area contributed by atoms with Gasteiger partial charge in [-0.15, -0.1) is 11.3 Å². The zero-order valence-corrected chi connectivity index (χ0v) is 18.3. The highest BCUT2D eigenvalue weighted by Gasteiger charge is 2.31. The number of hydrogen-bond acceptors (Lipinski definition) is 4. The van der Waals surface area contributed by atoms with Crippen LogP contribution < -0.4 is 15.4 Å². The Morgan fingerprint density at radius 3 is 3.07 bits per heavy atom. The van der Waals surface area contributed by atoms with Gasteiger partial charge in [-0.2, -0.15) is 0 Å². The highest BCUT2D eigenvalue weighted by Crippen LogP contribution is 2.36. The van der Waals surface area contributed by atoms with E-state index in [1.807, 2.05) is 18.4 Å². The molecule has 156 valence electrons. The first-order valence-electron chi connectivity index (χ1n) is 10.7. The molecule has 0 saturated carbocycles. The van der Waals surface area contributed by atoms with Gasteiger partial charge in [-0.1, -0.05) is 18.2 Å². The lowest BCUT2D eigenvalue weighted by molar-refractivity contribution is 0.125. The Morgan fingerprint density at radius 2 is 2.24 bits per heavy atom. The smallest absolute Gasteiger partial charge is 0.190 e. The number of nitrogens with one attached hydrogen (secondary N) is 2. The molecule has 3 heterocycles. The van der Waals surface area contributed by atoms with Crippen LogP contribution in [0.15, 0.2) is 40.7 Å². The third-order valence-corrected chi connectivity index (χ3v) is 7.00. The van der Waals surface area contributed by atoms with E-state index in [1.165, 1.54) is 35.4 Å². The molecule has 2 aliphatic rings. The van der Waals surface area contributed by atoms with E-state index in [0.29, 0.717) is 12.0 Å². The molecule has 29 heavy (non-hydrogen) atoms. The number of thiophene rings is 1. The summed E-state index contributed by atoms with van der Waals surface area (Å²) in [6.45, 7) is 3.81. The zero-order chi connectivity index (χ0) is 20.1. The van der Waals surface area contributed by atoms with E-state index in [2.05, 4.69) is 63.3 Å². The molecular formula is C23H32N4OS. The van der Waals surface area contributed by atoms with Gasteiger partial charge in [0.2, 0.25) is 0 Å². The van der Waals surface area contributed by atoms with Gasteiger partial charge in [0, 0.05) is 37.5 Å². The molecule has 0 amide bonds. The second-order valence-electron chi connectivity index (χ2n) is 8.01. The standard InChI is InChI=1S/C23H32N4OS/c1-24-23(25-11-9-17-7-8-20-18(15-17)10-13-28-20)26-16-19-5-3-12-27(2)22(19)21-6-4-14-29-21/h4,6-8,14-15,19,22H,3,5,9-13,16H2,1-2H3,(H2,24,25,26). The highest BCUT2D eigenvalue weighted by molar-refractivity contribution is 7.10. The van der Waals surface area contributed by atoms with E-state index in [4.69, 9.17) is 4.74 Å². The van der Waals surface area contributed by atoms with Gasteiger partial charge in [-0.05, 0) is 67.4 Å². The van der Waals surface area contributed by atoms with Crippen molar-refractivity contribution >= 4 is 17.3 Å². The predicted octanol–water partition coefficient (Wildman–Crippen LogP) is 3.47. The minimum atomic E-state index is 0.503. The normalized spacial score (nSPS) is 22.2. The molecule has 0 aliphatic carbocycles. The Bertz CT molecular complexity index is 820. The lowest BCUT2D eigenvalue weighted by Gasteiger charge is -2.39. The van der Waals surface area contributed by atoms with Crippen molar-refractivity contribution in [3.63, 3.8) is 0 Å². The third-order valence-electron chi connectivity index (χ3n) is 6.06. The van der Waals surface area contributed by atoms with Crippen molar-refractivity contribution in [1.29, 1.82) is 0 Å². The summed E-state index contributed by atoms with van der Waals surface area (Å²) in [6, 6.07) is 11.5. The van der Waals surface area contributed by atoms with Gasteiger partial charge < -0.3 is 15.4 Å². The van der Waals surface area contributed by atoms with Gasteiger partial charge in [0.25, 0.3) is 0 Å². The number of benzene rings is 1. The SMILES string of the molecule is CN=C(NCCc1ccc2c(c1)CCO2)NCC1CCCN(C)C1c1cccs1. The number of likely N-dealkylation sites (tertiary alicyclic amines) is 1. The molecule has 4 rings (SSSR count). The van der Waals surface area contributed by atoms with Crippen molar-refractivity contribution in [1.82, 2.24) is 15.5 Å². The fourth-order valence-electron chi connectivity index (χ4n) is 4.55. The van der Waals surface area contributed by atoms with Crippen LogP contribution in [0.3, 0.4) is 0 Å². The number of nitrogens with zero attached hydrogens (tertiary/aromatic N) is 2. The Kier molecular flexibility index (Phi) is 6.72. The van der Waals surface area contributed by atoms with Crippen LogP contribution in [0.4, 0.5) is 0 Å². The predicted molar refractivity (Wildman–Crippen MR) is 121 cm³/mol. The maximum absolute atomic E-state index is 5.60. The van der Waals surface area contributed by atoms with Crippen LogP contribution in [-0.4, -0.2) is 51.2 Å². The maximum atomic E-state index is 5.60. The van der Waals surface area contributed by atoms with Crippen LogP contribution in [0.1, 0.15) is 34.9 Å². The number of rotatable bonds is 6. The van der Waals surface area contributed by atoms with Gasteiger partial charge >= 0.3 is 0 Å². The van der Waals surface area contributed by atoms with Crippen molar-refractivity contribution in [3.05, 3.63) is 51.7 Å². The second-order valence-corrected chi connectivity index (χ2v) is 8.99. The molecule has 1 aromatic carbocycles. The van der Waals surface area contributed by atoms with Crippen molar-refractivity contribution in [3.8, 4) is 5.75 Å². The molecule has 2 N–H and O–H groups in total. The van der Waals surface area contributed by atoms with E-state index in [1.54, 1.807) is 0 Å². The molecule has 2 unspecified atom stereocenters. The second kappa shape index (κ2) is 9.63. The molecule has 0 radical (unpaired) electrons. The average Bonchev–Trinajstić information content (AvgIpc) is 3.42. The molecule has 2 aromatic rings. The number of aliphatic imine (C=N–C) groups is 1. The Morgan fingerprint density at radius 1 is 1.31 bits per heavy atom. The first-order chi connectivity index (χ1) is 14.2. The van der Waals surface area contributed by atoms with Gasteiger partial charge in [-0.25, -0.2) is 0 Å². The summed E-state index contributed by atoms with van der Waals surface area (Å²) < 4.78 is 5.60. The third kappa shape index (κ3) is 4.93. The van der Waals surface area contributed by atoms with E-state index >= 15 is 0 Å². The number of guanidine groups is 1. The van der Waals surface area contributed by atoms with Crippen LogP contribution in [0.2, 0.25) is 0 Å². The fourth-order valence-corrected chi connectivity index (χ4v) is 5.53. The van der Waals surface area contributed by atoms with Crippen LogP contribution in [0.5, 0.6) is 5.75 Å². The van der Waals surface area contributed by atoms with Crippen molar-refractivity contribution < 1.29 is 4.74 Å². The van der Waals surface area contributed by atoms with Crippen molar-refractivity contribution in [2.24, 2.45) is 10.9 Å². The molecule has 0 spiro atoms. The maximum Gasteiger partial charge on any atom is 0.190 e. The highest BCUT2D eigenvalue weighted by atomic mass is 32.1. The summed E-state index contributed by atoms with van der Waals surface area (Å²) >= 11 is 1.87. The molecule has 6 heteroatoms. The van der Waals surface area contributed by atoms with Gasteiger partial charge in [0.15, 0.2) is 5.96 Å². The quantitative estimate of drug-likeness (QED) is 0.563. The molecule has 5 nitrogen and oxygen atoms in total. The van der Waals surface area contributed by atoms with E-state index in [-0.39, 0.29) is 0 Å². The molecule has 2 aliphatic heterocycles. The Labute approximate surface area is 178 Å². The van der Waals surface area contributed by atoms with Gasteiger partial charge in [-0.3, -0.25) is 9.89 Å². The number of piperidine rings is 1. The zero-order valence-electron chi connectivity index (χ0n) is 17.5. The van der Waals surface area contributed by atoms with Crippen LogP contribution in [0, 0.1) is 5.92 Å². The monoisotopic (exact) mass is 412 g/mol. The van der Waals surface area contributed by atoms with E-state index < -0.39 is 0 Å². The number of fused-ring (bicyclic) bond motifs is 1. The largest absolute Gasteiger partial charge is 0.493 e. The van der Waals surface area contributed by atoms with E-state index in [0.717, 1.165) is 44.2 Å². The number of hydrogen-bond donors (Lipinski definition) is 2. The first kappa shape index (κ1) is 20.2. The Hall–Kier alpha value is -2.05. The van der Waals surface area contributed by atoms with E-state index in [9.17, 15) is 0 Å². The van der Waals surface area contributed by atoms with Crippen molar-refractivity contribution in [2.75, 3.05) is 40.3 Å². The molecule has 1 saturated heterocycles. The minimum absolute atomic E-state index is 0.503. The summed E-state index contributed by atoms with van der Waals surface area (Å²) in [7, 11) is 4.11. The van der Waals surface area contributed by atoms with Gasteiger partial charge in [0.1, 0.15) is 5.75 Å². The van der Waals surface area contributed by atoms with Crippen molar-refractivity contribution in [2.45, 2.75) is 31.7 Å². The summed E-state index contributed by atoms with van der Waals surface area (Å²) in [5, 5.41) is 9.25. The Balaban J connectivity index is 1.27. The molecule has 2 atom stereocenters. The summed E-state index contributed by atoms with van der Waals surface area (Å²) in [5.41, 5.74) is 2.69. The lowest BCUT2D eigenvalue weighted by atomic mass is 9.88. The lowest BCUT2D eigenvalue weighted by Crippen LogP contribution is -2.45. The van der Waals surface area contributed by atoms with Gasteiger partial charge in [0.05, 0.1) is 6.61 Å². The fraction of sp³-hybridized carbons (Fsp3) is 0.522. The summed E-state index contributed by atoms with van der Waals surface area (Å²) in [4.78, 5) is 8.42. The van der Waals surface area contributed by atoms with Crippen LogP contribution >= 0.6 is 11.3 Å². The number of ether oxygens (including phenoxy) is 1.